The van der Waals surface area contributed by atoms with Crippen LogP contribution in [0.1, 0.15) is 13.8 Å². The molecule has 0 saturated carbocycles. The summed E-state index contributed by atoms with van der Waals surface area (Å²) >= 11 is 5.40. The third kappa shape index (κ3) is 3.51. The smallest absolute Gasteiger partial charge is 0.230 e. The highest BCUT2D eigenvalue weighted by molar-refractivity contribution is 7.71. The van der Waals surface area contributed by atoms with Gasteiger partial charge in [0, 0.05) is 19.1 Å². The van der Waals surface area contributed by atoms with E-state index in [0.29, 0.717) is 10.8 Å². The Bertz CT molecular complexity index is 616. The number of benzene rings is 1. The van der Waals surface area contributed by atoms with Crippen molar-refractivity contribution in [2.24, 2.45) is 0 Å². The summed E-state index contributed by atoms with van der Waals surface area (Å²) in [6, 6.07) is 10.4. The molecule has 1 N–H and O–H groups in total. The molecule has 1 unspecified atom stereocenters. The van der Waals surface area contributed by atoms with Crippen LogP contribution in [0, 0.1) is 4.77 Å². The fourth-order valence-corrected chi connectivity index (χ4v) is 2.80. The molecule has 0 aliphatic heterocycles. The van der Waals surface area contributed by atoms with E-state index in [2.05, 4.69) is 47.9 Å². The van der Waals surface area contributed by atoms with Crippen molar-refractivity contribution in [3.63, 3.8) is 0 Å². The summed E-state index contributed by atoms with van der Waals surface area (Å²) in [6.45, 7) is 6.18. The molecule has 114 valence electrons. The lowest BCUT2D eigenvalue weighted by Crippen LogP contribution is -2.41. The number of likely N-dealkylation sites (N-methyl/N-ethyl adjacent to an activating group) is 2. The van der Waals surface area contributed by atoms with Crippen LogP contribution in [-0.2, 0) is 0 Å². The normalized spacial score (nSPS) is 12.6. The zero-order valence-electron chi connectivity index (χ0n) is 13.1. The molecule has 0 aliphatic carbocycles. The molecule has 1 atom stereocenters. The number of aromatic nitrogens is 3. The van der Waals surface area contributed by atoms with Gasteiger partial charge in [0.15, 0.2) is 0 Å². The van der Waals surface area contributed by atoms with Crippen LogP contribution in [0.2, 0.25) is 0 Å². The average Bonchev–Trinajstić information content (AvgIpc) is 2.81. The summed E-state index contributed by atoms with van der Waals surface area (Å²) in [6.07, 6.45) is 0. The van der Waals surface area contributed by atoms with Crippen molar-refractivity contribution >= 4 is 18.2 Å². The highest BCUT2D eigenvalue weighted by atomic mass is 32.1. The molecule has 0 fully saturated rings. The Morgan fingerprint density at radius 1 is 1.29 bits per heavy atom. The molecular weight excluding hydrogens is 282 g/mol. The first-order chi connectivity index (χ1) is 10.0. The van der Waals surface area contributed by atoms with Crippen molar-refractivity contribution in [3.05, 3.63) is 35.1 Å². The van der Waals surface area contributed by atoms with Crippen molar-refractivity contribution in [1.82, 2.24) is 19.7 Å². The van der Waals surface area contributed by atoms with E-state index >= 15 is 0 Å². The highest BCUT2D eigenvalue weighted by Gasteiger charge is 2.20. The molecule has 0 saturated heterocycles. The number of anilines is 1. The fourth-order valence-electron chi connectivity index (χ4n) is 2.57. The first-order valence-corrected chi connectivity index (χ1v) is 7.59. The Kier molecular flexibility index (Phi) is 5.14. The third-order valence-electron chi connectivity index (χ3n) is 3.43. The van der Waals surface area contributed by atoms with E-state index in [0.717, 1.165) is 24.7 Å². The van der Waals surface area contributed by atoms with E-state index in [-0.39, 0.29) is 0 Å². The van der Waals surface area contributed by atoms with Crippen molar-refractivity contribution in [2.45, 2.75) is 19.9 Å². The Labute approximate surface area is 131 Å². The molecule has 0 amide bonds. The Morgan fingerprint density at radius 2 is 1.95 bits per heavy atom. The number of nitrogens with one attached hydrogen (secondary N) is 1. The van der Waals surface area contributed by atoms with Gasteiger partial charge in [0.25, 0.3) is 0 Å². The van der Waals surface area contributed by atoms with Crippen molar-refractivity contribution in [3.8, 4) is 5.69 Å². The zero-order chi connectivity index (χ0) is 15.4. The van der Waals surface area contributed by atoms with Gasteiger partial charge in [-0.05, 0) is 52.3 Å². The molecule has 0 bridgehead atoms. The number of hydrogen-bond acceptors (Lipinski definition) is 4. The minimum absolute atomic E-state index is 0.345. The first kappa shape index (κ1) is 15.7. The van der Waals surface area contributed by atoms with Crippen LogP contribution in [0.15, 0.2) is 30.3 Å². The first-order valence-electron chi connectivity index (χ1n) is 7.18. The van der Waals surface area contributed by atoms with E-state index in [4.69, 9.17) is 12.2 Å². The van der Waals surface area contributed by atoms with E-state index in [1.54, 1.807) is 0 Å². The largest absolute Gasteiger partial charge is 0.337 e. The number of rotatable bonds is 6. The van der Waals surface area contributed by atoms with Crippen LogP contribution < -0.4 is 4.90 Å². The summed E-state index contributed by atoms with van der Waals surface area (Å²) in [5.41, 5.74) is 1.03. The van der Waals surface area contributed by atoms with Gasteiger partial charge < -0.3 is 9.80 Å². The van der Waals surface area contributed by atoms with Crippen LogP contribution in [0.3, 0.4) is 0 Å². The topological polar surface area (TPSA) is 40.1 Å². The molecule has 2 rings (SSSR count). The van der Waals surface area contributed by atoms with Crippen LogP contribution in [0.5, 0.6) is 0 Å². The van der Waals surface area contributed by atoms with Crippen LogP contribution in [-0.4, -0.2) is 52.9 Å². The second kappa shape index (κ2) is 6.87. The van der Waals surface area contributed by atoms with E-state index in [1.807, 2.05) is 34.9 Å². The Morgan fingerprint density at radius 3 is 2.52 bits per heavy atom. The molecule has 2 aromatic rings. The summed E-state index contributed by atoms with van der Waals surface area (Å²) in [5.74, 6) is 0.864. The monoisotopic (exact) mass is 305 g/mol. The second-order valence-corrected chi connectivity index (χ2v) is 5.78. The van der Waals surface area contributed by atoms with E-state index in [1.165, 1.54) is 0 Å². The number of para-hydroxylation sites is 1. The van der Waals surface area contributed by atoms with Gasteiger partial charge in [0.05, 0.1) is 5.69 Å². The molecule has 0 radical (unpaired) electrons. The Balaban J connectivity index is 2.42. The van der Waals surface area contributed by atoms with Gasteiger partial charge in [-0.3, -0.25) is 4.57 Å². The van der Waals surface area contributed by atoms with Gasteiger partial charge in [-0.25, -0.2) is 5.10 Å². The predicted octanol–water partition coefficient (Wildman–Crippen LogP) is 2.71. The maximum Gasteiger partial charge on any atom is 0.230 e. The van der Waals surface area contributed by atoms with Crippen molar-refractivity contribution in [2.75, 3.05) is 32.1 Å². The van der Waals surface area contributed by atoms with Gasteiger partial charge in [-0.2, -0.15) is 0 Å². The number of H-pyrrole nitrogens is 1. The third-order valence-corrected chi connectivity index (χ3v) is 3.70. The van der Waals surface area contributed by atoms with E-state index in [9.17, 15) is 0 Å². The average molecular weight is 305 g/mol. The lowest BCUT2D eigenvalue weighted by atomic mass is 10.2. The summed E-state index contributed by atoms with van der Waals surface area (Å²) in [7, 11) is 4.16. The molecule has 5 nitrogen and oxygen atoms in total. The molecule has 1 heterocycles. The summed E-state index contributed by atoms with van der Waals surface area (Å²) in [5, 5.41) is 7.36. The van der Waals surface area contributed by atoms with Gasteiger partial charge in [-0.15, -0.1) is 5.10 Å². The Hall–Kier alpha value is -1.66. The molecule has 21 heavy (non-hydrogen) atoms. The van der Waals surface area contributed by atoms with Crippen LogP contribution in [0.25, 0.3) is 5.69 Å². The van der Waals surface area contributed by atoms with Gasteiger partial charge in [0.1, 0.15) is 0 Å². The van der Waals surface area contributed by atoms with Gasteiger partial charge >= 0.3 is 0 Å². The zero-order valence-corrected chi connectivity index (χ0v) is 13.9. The maximum absolute atomic E-state index is 5.40. The maximum atomic E-state index is 5.40. The minimum atomic E-state index is 0.345. The second-order valence-electron chi connectivity index (χ2n) is 5.40. The minimum Gasteiger partial charge on any atom is -0.337 e. The molecular formula is C15H23N5S. The number of nitrogens with zero attached hydrogens (tertiary/aromatic N) is 4. The molecule has 1 aromatic carbocycles. The number of hydrogen-bond donors (Lipinski definition) is 1. The van der Waals surface area contributed by atoms with Crippen LogP contribution in [0.4, 0.5) is 5.95 Å². The van der Waals surface area contributed by atoms with Crippen molar-refractivity contribution in [1.29, 1.82) is 0 Å². The lowest BCUT2D eigenvalue weighted by Gasteiger charge is -2.30. The van der Waals surface area contributed by atoms with Gasteiger partial charge in [0.2, 0.25) is 10.7 Å². The fraction of sp³-hybridized carbons (Fsp3) is 0.467. The molecule has 6 heteroatoms. The predicted molar refractivity (Wildman–Crippen MR) is 89.8 cm³/mol. The quantitative estimate of drug-likeness (QED) is 0.833. The SMILES string of the molecule is CCN(c1n[nH]c(=S)n1-c1ccccc1)C(C)CN(C)C. The summed E-state index contributed by atoms with van der Waals surface area (Å²) in [4.78, 5) is 4.45. The van der Waals surface area contributed by atoms with Gasteiger partial charge in [-0.1, -0.05) is 18.2 Å². The van der Waals surface area contributed by atoms with Crippen LogP contribution >= 0.6 is 12.2 Å². The summed E-state index contributed by atoms with van der Waals surface area (Å²) < 4.78 is 2.61. The number of aromatic amines is 1. The van der Waals surface area contributed by atoms with E-state index < -0.39 is 0 Å². The highest BCUT2D eigenvalue weighted by Crippen LogP contribution is 2.20. The molecule has 1 aromatic heterocycles. The molecule has 0 spiro atoms. The molecule has 0 aliphatic rings. The standard InChI is InChI=1S/C15H23N5S/c1-5-19(12(2)11-18(3)4)14-16-17-15(21)20(14)13-9-7-6-8-10-13/h6-10,12H,5,11H2,1-4H3,(H,17,21). The van der Waals surface area contributed by atoms with Crippen molar-refractivity contribution < 1.29 is 0 Å². The lowest BCUT2D eigenvalue weighted by molar-refractivity contribution is 0.371.